The lowest BCUT2D eigenvalue weighted by atomic mass is 9.57. The zero-order valence-electron chi connectivity index (χ0n) is 18.5. The Bertz CT molecular complexity index is 1110. The van der Waals surface area contributed by atoms with E-state index >= 15 is 0 Å². The predicted octanol–water partition coefficient (Wildman–Crippen LogP) is 2.87. The van der Waals surface area contributed by atoms with Gasteiger partial charge in [0.2, 0.25) is 0 Å². The number of nitrogens with one attached hydrogen (secondary N) is 1. The molecule has 3 aliphatic carbocycles. The molecule has 1 aromatic carbocycles. The quantitative estimate of drug-likeness (QED) is 0.726. The Balaban J connectivity index is 0.883. The third-order valence-corrected chi connectivity index (χ3v) is 8.16. The largest absolute Gasteiger partial charge is 0.484 e. The standard InChI is InChI=1S/C24H28FN5O3/c25-19-17(14-4-5-14)2-1-3-18(19)33-16-10-29(11-16)22(31)30-12-23(13-30)8-15(9-23)20-26-21(28-27-20)24(32)6-7-24/h1-3,14-16,32H,4-13H2,(H,26,27,28). The van der Waals surface area contributed by atoms with E-state index in [0.717, 1.165) is 63.0 Å². The molecule has 7 rings (SSSR count). The number of hydrogen-bond donors (Lipinski definition) is 2. The highest BCUT2D eigenvalue weighted by atomic mass is 19.1. The number of urea groups is 1. The van der Waals surface area contributed by atoms with Crippen LogP contribution in [-0.2, 0) is 5.60 Å². The first kappa shape index (κ1) is 19.8. The van der Waals surface area contributed by atoms with E-state index in [-0.39, 0.29) is 23.4 Å². The Morgan fingerprint density at radius 3 is 2.58 bits per heavy atom. The SMILES string of the molecule is O=C(N1CC(Oc2cccc(C3CC3)c2F)C1)N1CC2(CC(c3nnc(C4(O)CC4)[nH]3)C2)C1. The molecule has 3 heterocycles. The zero-order chi connectivity index (χ0) is 22.4. The third-order valence-electron chi connectivity index (χ3n) is 8.16. The molecule has 2 aromatic rings. The van der Waals surface area contributed by atoms with Crippen LogP contribution in [0.4, 0.5) is 9.18 Å². The van der Waals surface area contributed by atoms with Gasteiger partial charge in [0.25, 0.3) is 0 Å². The minimum Gasteiger partial charge on any atom is -0.484 e. The van der Waals surface area contributed by atoms with Gasteiger partial charge in [-0.3, -0.25) is 0 Å². The van der Waals surface area contributed by atoms with E-state index < -0.39 is 5.60 Å². The highest BCUT2D eigenvalue weighted by Crippen LogP contribution is 2.56. The summed E-state index contributed by atoms with van der Waals surface area (Å²) in [4.78, 5) is 19.7. The molecule has 0 atom stereocenters. The van der Waals surface area contributed by atoms with Crippen LogP contribution in [0.1, 0.15) is 67.6 Å². The summed E-state index contributed by atoms with van der Waals surface area (Å²) in [6.45, 7) is 2.55. The topological polar surface area (TPSA) is 94.6 Å². The number of likely N-dealkylation sites (tertiary alicyclic amines) is 2. The molecule has 2 saturated heterocycles. The number of nitrogens with zero attached hydrogens (tertiary/aromatic N) is 4. The number of amides is 2. The van der Waals surface area contributed by atoms with Crippen LogP contribution in [0.15, 0.2) is 18.2 Å². The number of rotatable bonds is 5. The Hall–Kier alpha value is -2.68. The minimum atomic E-state index is -0.781. The average molecular weight is 454 g/mol. The fraction of sp³-hybridized carbons (Fsp3) is 0.625. The third kappa shape index (κ3) is 3.23. The summed E-state index contributed by atoms with van der Waals surface area (Å²) in [5.74, 6) is 2.20. The second-order valence-corrected chi connectivity index (χ2v) is 10.9. The molecular weight excluding hydrogens is 425 g/mol. The molecule has 9 heteroatoms. The van der Waals surface area contributed by atoms with Crippen LogP contribution in [0.2, 0.25) is 0 Å². The van der Waals surface area contributed by atoms with Gasteiger partial charge in [-0.1, -0.05) is 12.1 Å². The molecule has 2 N–H and O–H groups in total. The fourth-order valence-electron chi connectivity index (χ4n) is 5.74. The minimum absolute atomic E-state index is 0.0500. The number of hydrogen-bond acceptors (Lipinski definition) is 5. The van der Waals surface area contributed by atoms with Gasteiger partial charge in [0.05, 0.1) is 13.1 Å². The molecule has 0 bridgehead atoms. The lowest BCUT2D eigenvalue weighted by molar-refractivity contribution is -0.0667. The summed E-state index contributed by atoms with van der Waals surface area (Å²) in [6.07, 6.45) is 5.43. The number of aromatic nitrogens is 3. The summed E-state index contributed by atoms with van der Waals surface area (Å²) >= 11 is 0. The lowest BCUT2D eigenvalue weighted by Crippen LogP contribution is -2.68. The van der Waals surface area contributed by atoms with Crippen LogP contribution in [0.25, 0.3) is 0 Å². The number of carbonyl (C=O) groups excluding carboxylic acids is 1. The first-order valence-electron chi connectivity index (χ1n) is 12.1. The molecule has 1 aromatic heterocycles. The van der Waals surface area contributed by atoms with Gasteiger partial charge in [-0.2, -0.15) is 0 Å². The lowest BCUT2D eigenvalue weighted by Gasteiger charge is -2.59. The van der Waals surface area contributed by atoms with Crippen molar-refractivity contribution < 1.29 is 19.0 Å². The van der Waals surface area contributed by atoms with Crippen molar-refractivity contribution in [1.82, 2.24) is 25.0 Å². The number of aromatic amines is 1. The number of carbonyl (C=O) groups is 1. The van der Waals surface area contributed by atoms with Crippen molar-refractivity contribution in [3.8, 4) is 5.75 Å². The van der Waals surface area contributed by atoms with Gasteiger partial charge in [0.15, 0.2) is 17.4 Å². The van der Waals surface area contributed by atoms with E-state index in [4.69, 9.17) is 4.74 Å². The normalized spacial score (nSPS) is 25.4. The van der Waals surface area contributed by atoms with E-state index in [9.17, 15) is 14.3 Å². The molecular formula is C24H28FN5O3. The van der Waals surface area contributed by atoms with Gasteiger partial charge in [-0.15, -0.1) is 10.2 Å². The second kappa shape index (κ2) is 6.68. The molecule has 8 nitrogen and oxygen atoms in total. The van der Waals surface area contributed by atoms with Crippen molar-refractivity contribution in [1.29, 1.82) is 0 Å². The van der Waals surface area contributed by atoms with E-state index in [1.807, 2.05) is 17.0 Å². The summed E-state index contributed by atoms with van der Waals surface area (Å²) in [5, 5.41) is 18.5. The van der Waals surface area contributed by atoms with Gasteiger partial charge in [-0.05, 0) is 56.1 Å². The van der Waals surface area contributed by atoms with Crippen molar-refractivity contribution in [3.05, 3.63) is 41.2 Å². The maximum absolute atomic E-state index is 14.6. The van der Waals surface area contributed by atoms with Gasteiger partial charge in [0, 0.05) is 24.4 Å². The summed E-state index contributed by atoms with van der Waals surface area (Å²) in [7, 11) is 0. The van der Waals surface area contributed by atoms with Crippen LogP contribution in [-0.4, -0.2) is 68.4 Å². The number of benzene rings is 1. The van der Waals surface area contributed by atoms with Gasteiger partial charge in [-0.25, -0.2) is 9.18 Å². The Morgan fingerprint density at radius 1 is 1.12 bits per heavy atom. The van der Waals surface area contributed by atoms with E-state index in [0.29, 0.717) is 36.5 Å². The highest BCUT2D eigenvalue weighted by molar-refractivity contribution is 5.76. The highest BCUT2D eigenvalue weighted by Gasteiger charge is 2.56. The summed E-state index contributed by atoms with van der Waals surface area (Å²) in [6, 6.07) is 5.43. The Labute approximate surface area is 191 Å². The molecule has 174 valence electrons. The van der Waals surface area contributed by atoms with Crippen LogP contribution in [0.5, 0.6) is 5.75 Å². The van der Waals surface area contributed by atoms with E-state index in [2.05, 4.69) is 15.2 Å². The van der Waals surface area contributed by atoms with Crippen molar-refractivity contribution in [2.24, 2.45) is 5.41 Å². The van der Waals surface area contributed by atoms with Gasteiger partial charge in [0.1, 0.15) is 17.5 Å². The van der Waals surface area contributed by atoms with Crippen LogP contribution in [0.3, 0.4) is 0 Å². The van der Waals surface area contributed by atoms with E-state index in [1.54, 1.807) is 11.0 Å². The first-order chi connectivity index (χ1) is 15.9. The molecule has 3 saturated carbocycles. The van der Waals surface area contributed by atoms with Crippen molar-refractivity contribution in [2.45, 2.75) is 62.1 Å². The fourth-order valence-corrected chi connectivity index (χ4v) is 5.74. The Kier molecular flexibility index (Phi) is 4.00. The number of H-pyrrole nitrogens is 1. The summed E-state index contributed by atoms with van der Waals surface area (Å²) < 4.78 is 20.5. The molecule has 5 aliphatic rings. The van der Waals surface area contributed by atoms with Gasteiger partial charge < -0.3 is 24.6 Å². The maximum atomic E-state index is 14.6. The van der Waals surface area contributed by atoms with Crippen LogP contribution < -0.4 is 4.74 Å². The number of halogens is 1. The maximum Gasteiger partial charge on any atom is 0.320 e. The number of aliphatic hydroxyl groups is 1. The average Bonchev–Trinajstić information content (AvgIpc) is 3.63. The summed E-state index contributed by atoms with van der Waals surface area (Å²) in [5.41, 5.74) is 0.169. The molecule has 1 spiro atoms. The molecule has 0 radical (unpaired) electrons. The predicted molar refractivity (Wildman–Crippen MR) is 115 cm³/mol. The second-order valence-electron chi connectivity index (χ2n) is 10.9. The van der Waals surface area contributed by atoms with Gasteiger partial charge >= 0.3 is 6.03 Å². The smallest absolute Gasteiger partial charge is 0.320 e. The van der Waals surface area contributed by atoms with Crippen molar-refractivity contribution >= 4 is 6.03 Å². The van der Waals surface area contributed by atoms with Crippen molar-refractivity contribution in [2.75, 3.05) is 26.2 Å². The molecule has 0 unspecified atom stereocenters. The molecule has 33 heavy (non-hydrogen) atoms. The number of ether oxygens (including phenoxy) is 1. The van der Waals surface area contributed by atoms with Crippen LogP contribution in [0, 0.1) is 11.2 Å². The Morgan fingerprint density at radius 2 is 1.88 bits per heavy atom. The van der Waals surface area contributed by atoms with Crippen LogP contribution >= 0.6 is 0 Å². The molecule has 2 aliphatic heterocycles. The molecule has 2 amide bonds. The van der Waals surface area contributed by atoms with E-state index in [1.165, 1.54) is 0 Å². The molecule has 5 fully saturated rings. The monoisotopic (exact) mass is 453 g/mol. The zero-order valence-corrected chi connectivity index (χ0v) is 18.5. The van der Waals surface area contributed by atoms with Crippen molar-refractivity contribution in [3.63, 3.8) is 0 Å². The first-order valence-corrected chi connectivity index (χ1v) is 12.1.